The lowest BCUT2D eigenvalue weighted by Crippen LogP contribution is -2.52. The number of nitrogens with one attached hydrogen (secondary N) is 1. The molecule has 2 N–H and O–H groups in total. The zero-order valence-corrected chi connectivity index (χ0v) is 26.7. The van der Waals surface area contributed by atoms with Crippen molar-refractivity contribution in [1.82, 2.24) is 20.2 Å². The van der Waals surface area contributed by atoms with Crippen molar-refractivity contribution >= 4 is 33.9 Å². The van der Waals surface area contributed by atoms with E-state index >= 15 is 0 Å². The highest BCUT2D eigenvalue weighted by atomic mass is 35.5. The summed E-state index contributed by atoms with van der Waals surface area (Å²) in [5.41, 5.74) is 4.70. The largest absolute Gasteiger partial charge is 0.508 e. The lowest BCUT2D eigenvalue weighted by molar-refractivity contribution is 0.0793. The van der Waals surface area contributed by atoms with E-state index in [1.54, 1.807) is 6.07 Å². The van der Waals surface area contributed by atoms with E-state index in [4.69, 9.17) is 26.3 Å². The van der Waals surface area contributed by atoms with E-state index in [0.717, 1.165) is 67.0 Å². The molecule has 1 aromatic heterocycles. The first-order chi connectivity index (χ1) is 21.9. The summed E-state index contributed by atoms with van der Waals surface area (Å²) >= 11 is 6.74. The van der Waals surface area contributed by atoms with Gasteiger partial charge in [0.05, 0.1) is 28.5 Å². The highest BCUT2D eigenvalue weighted by Crippen LogP contribution is 2.51. The third-order valence-electron chi connectivity index (χ3n) is 11.9. The molecule has 5 fully saturated rings. The number of benzene rings is 2. The molecule has 9 heteroatoms. The van der Waals surface area contributed by atoms with Crippen molar-refractivity contribution in [3.05, 3.63) is 58.8 Å². The van der Waals surface area contributed by atoms with Gasteiger partial charge in [0.1, 0.15) is 18.2 Å². The molecule has 2 aromatic carbocycles. The first-order valence-corrected chi connectivity index (χ1v) is 17.5. The molecule has 2 bridgehead atoms. The van der Waals surface area contributed by atoms with Crippen molar-refractivity contribution in [2.75, 3.05) is 42.6 Å². The van der Waals surface area contributed by atoms with Crippen LogP contribution in [0, 0.1) is 5.92 Å². The molecule has 0 radical (unpaired) electrons. The summed E-state index contributed by atoms with van der Waals surface area (Å²) in [6.07, 6.45) is 10.5. The highest BCUT2D eigenvalue weighted by molar-refractivity contribution is 6.36. The zero-order chi connectivity index (χ0) is 30.3. The number of phenols is 1. The molecule has 0 amide bonds. The monoisotopic (exact) mass is 626 g/mol. The standard InChI is InChI=1S/C36H43ClN6O2/c1-22-5-2-8-31-28(22)17-36(12-4-13-43(31)36)21-45-35-39-30-20-41(32-16-26(44)15-23-6-3-7-29(37)33(23)32)14-11-27(30)34(40-35)42-18-24-9-10-25(19-42)38-24/h3,6-7,15-16,24-25,28,31,38,44H,1-2,4-5,8-14,17-21H2/t24?,25?,28-,31+,36-/m1/s1. The van der Waals surface area contributed by atoms with Crippen molar-refractivity contribution in [3.63, 3.8) is 0 Å². The average Bonchev–Trinajstić information content (AvgIpc) is 3.70. The van der Waals surface area contributed by atoms with E-state index in [1.165, 1.54) is 56.1 Å². The third-order valence-corrected chi connectivity index (χ3v) is 12.2. The van der Waals surface area contributed by atoms with Crippen LogP contribution in [-0.4, -0.2) is 76.4 Å². The Morgan fingerprint density at radius 2 is 1.91 bits per heavy atom. The van der Waals surface area contributed by atoms with Gasteiger partial charge in [0.2, 0.25) is 0 Å². The fourth-order valence-corrected chi connectivity index (χ4v) is 10.1. The van der Waals surface area contributed by atoms with Crippen LogP contribution in [0.4, 0.5) is 11.5 Å². The molecular formula is C36H43ClN6O2. The molecule has 1 saturated carbocycles. The number of nitrogens with zero attached hydrogens (tertiary/aromatic N) is 5. The number of anilines is 2. The molecule has 5 aliphatic heterocycles. The van der Waals surface area contributed by atoms with Crippen molar-refractivity contribution in [3.8, 4) is 11.8 Å². The Balaban J connectivity index is 1.06. The second-order valence-electron chi connectivity index (χ2n) is 14.5. The van der Waals surface area contributed by atoms with E-state index in [0.29, 0.717) is 48.2 Å². The lowest BCUT2D eigenvalue weighted by atomic mass is 9.79. The number of fused-ring (bicyclic) bond motifs is 7. The minimum absolute atomic E-state index is 0.0550. The summed E-state index contributed by atoms with van der Waals surface area (Å²) in [7, 11) is 0. The van der Waals surface area contributed by atoms with E-state index < -0.39 is 0 Å². The summed E-state index contributed by atoms with van der Waals surface area (Å²) in [6, 6.07) is 11.6. The minimum atomic E-state index is 0.0550. The Morgan fingerprint density at radius 3 is 2.78 bits per heavy atom. The number of hydrogen-bond donors (Lipinski definition) is 2. The molecule has 6 aliphatic rings. The maximum absolute atomic E-state index is 10.6. The van der Waals surface area contributed by atoms with Crippen molar-refractivity contribution in [2.24, 2.45) is 5.92 Å². The maximum Gasteiger partial charge on any atom is 0.318 e. The van der Waals surface area contributed by atoms with Crippen LogP contribution in [-0.2, 0) is 13.0 Å². The van der Waals surface area contributed by atoms with Crippen molar-refractivity contribution < 1.29 is 9.84 Å². The Kier molecular flexibility index (Phi) is 6.73. The first-order valence-electron chi connectivity index (χ1n) is 17.1. The number of piperazine rings is 1. The van der Waals surface area contributed by atoms with Crippen LogP contribution >= 0.6 is 11.6 Å². The van der Waals surface area contributed by atoms with Crippen LogP contribution in [0.15, 0.2) is 42.5 Å². The second-order valence-corrected chi connectivity index (χ2v) is 14.9. The molecule has 5 atom stereocenters. The van der Waals surface area contributed by atoms with Crippen LogP contribution in [0.1, 0.15) is 62.6 Å². The van der Waals surface area contributed by atoms with Crippen molar-refractivity contribution in [1.29, 1.82) is 0 Å². The summed E-state index contributed by atoms with van der Waals surface area (Å²) < 4.78 is 6.74. The van der Waals surface area contributed by atoms with Gasteiger partial charge in [-0.2, -0.15) is 9.97 Å². The van der Waals surface area contributed by atoms with Crippen LogP contribution in [0.5, 0.6) is 11.8 Å². The fourth-order valence-electron chi connectivity index (χ4n) is 9.85. The third kappa shape index (κ3) is 4.70. The van der Waals surface area contributed by atoms with Gasteiger partial charge in [-0.1, -0.05) is 35.9 Å². The Hall–Kier alpha value is -3.07. The zero-order valence-electron chi connectivity index (χ0n) is 26.0. The van der Waals surface area contributed by atoms with Crippen LogP contribution in [0.3, 0.4) is 0 Å². The molecule has 45 heavy (non-hydrogen) atoms. The second kappa shape index (κ2) is 10.7. The quantitative estimate of drug-likeness (QED) is 0.343. The van der Waals surface area contributed by atoms with Gasteiger partial charge in [-0.3, -0.25) is 4.90 Å². The number of phenolic OH excluding ortho intramolecular Hbond substituents is 1. The lowest BCUT2D eigenvalue weighted by Gasteiger charge is -2.38. The Labute approximate surface area is 270 Å². The van der Waals surface area contributed by atoms with E-state index in [1.807, 2.05) is 24.3 Å². The summed E-state index contributed by atoms with van der Waals surface area (Å²) in [5, 5.41) is 17.0. The minimum Gasteiger partial charge on any atom is -0.508 e. The van der Waals surface area contributed by atoms with Gasteiger partial charge < -0.3 is 25.0 Å². The smallest absolute Gasteiger partial charge is 0.318 e. The van der Waals surface area contributed by atoms with E-state index in [-0.39, 0.29) is 11.3 Å². The van der Waals surface area contributed by atoms with Crippen molar-refractivity contribution in [2.45, 2.75) is 88.0 Å². The molecule has 6 heterocycles. The van der Waals surface area contributed by atoms with Gasteiger partial charge in [0.25, 0.3) is 0 Å². The fraction of sp³-hybridized carbons (Fsp3) is 0.556. The first kappa shape index (κ1) is 28.2. The molecule has 8 nitrogen and oxygen atoms in total. The van der Waals surface area contributed by atoms with Crippen LogP contribution in [0.2, 0.25) is 5.02 Å². The molecule has 9 rings (SSSR count). The predicted octanol–water partition coefficient (Wildman–Crippen LogP) is 5.83. The number of rotatable bonds is 5. The molecule has 4 saturated heterocycles. The van der Waals surface area contributed by atoms with E-state index in [9.17, 15) is 5.11 Å². The average molecular weight is 627 g/mol. The van der Waals surface area contributed by atoms with Gasteiger partial charge >= 0.3 is 6.01 Å². The van der Waals surface area contributed by atoms with Gasteiger partial charge in [-0.15, -0.1) is 0 Å². The topological polar surface area (TPSA) is 77.0 Å². The van der Waals surface area contributed by atoms with Crippen LogP contribution < -0.4 is 19.9 Å². The molecule has 1 aliphatic carbocycles. The molecule has 0 spiro atoms. The maximum atomic E-state index is 10.6. The molecule has 3 aromatic rings. The van der Waals surface area contributed by atoms with Gasteiger partial charge in [0.15, 0.2) is 0 Å². The van der Waals surface area contributed by atoms with Crippen LogP contribution in [0.25, 0.3) is 10.8 Å². The van der Waals surface area contributed by atoms with Gasteiger partial charge in [0, 0.05) is 54.8 Å². The SMILES string of the molecule is C=C1CCC[C@H]2[C@@H]1C[C@@]1(COc3nc4c(c(N5CC6CCC(C5)N6)n3)CCN(c3cc(O)cc5cccc(Cl)c35)C4)CCCN21. The molecule has 236 valence electrons. The number of halogens is 1. The predicted molar refractivity (Wildman–Crippen MR) is 179 cm³/mol. The van der Waals surface area contributed by atoms with E-state index in [2.05, 4.69) is 26.6 Å². The Morgan fingerprint density at radius 1 is 1.04 bits per heavy atom. The summed E-state index contributed by atoms with van der Waals surface area (Å²) in [5.74, 6) is 1.90. The van der Waals surface area contributed by atoms with Gasteiger partial charge in [-0.05, 0) is 87.8 Å². The number of aromatic hydroxyl groups is 1. The number of aromatic nitrogens is 2. The normalized spacial score (nSPS) is 30.9. The highest BCUT2D eigenvalue weighted by Gasteiger charge is 2.55. The number of ether oxygens (including phenoxy) is 1. The number of hydrogen-bond acceptors (Lipinski definition) is 8. The summed E-state index contributed by atoms with van der Waals surface area (Å²) in [6.45, 7) is 9.65. The summed E-state index contributed by atoms with van der Waals surface area (Å²) in [4.78, 5) is 17.9. The Bertz CT molecular complexity index is 1670. The molecular weight excluding hydrogens is 584 g/mol. The van der Waals surface area contributed by atoms with Gasteiger partial charge in [-0.25, -0.2) is 0 Å². The molecule has 2 unspecified atom stereocenters.